The first-order chi connectivity index (χ1) is 16.6. The van der Waals surface area contributed by atoms with Crippen molar-refractivity contribution in [3.8, 4) is 0 Å². The van der Waals surface area contributed by atoms with Crippen LogP contribution in [0.15, 0.2) is 84.9 Å². The fourth-order valence-electron chi connectivity index (χ4n) is 4.29. The maximum atomic E-state index is 14.0. The Morgan fingerprint density at radius 3 is 2.29 bits per heavy atom. The Kier molecular flexibility index (Phi) is 7.38. The van der Waals surface area contributed by atoms with Gasteiger partial charge in [-0.1, -0.05) is 86.1 Å². The van der Waals surface area contributed by atoms with Gasteiger partial charge in [0.05, 0.1) is 11.3 Å². The first-order valence-corrected chi connectivity index (χ1v) is 11.7. The van der Waals surface area contributed by atoms with Crippen LogP contribution in [0.5, 0.6) is 0 Å². The molecule has 0 radical (unpaired) electrons. The zero-order valence-corrected chi connectivity index (χ0v) is 19.2. The van der Waals surface area contributed by atoms with Gasteiger partial charge in [-0.15, -0.1) is 0 Å². The highest BCUT2D eigenvalue weighted by molar-refractivity contribution is 6.11. The van der Waals surface area contributed by atoms with Crippen molar-refractivity contribution in [2.45, 2.75) is 38.3 Å². The molecule has 2 N–H and O–H groups in total. The predicted octanol–water partition coefficient (Wildman–Crippen LogP) is 4.35. The number of carbonyl (C=O) groups is 3. The number of hydrogen-bond acceptors (Lipinski definition) is 3. The van der Waals surface area contributed by atoms with Crippen LogP contribution < -0.4 is 10.6 Å². The monoisotopic (exact) mass is 455 g/mol. The third-order valence-corrected chi connectivity index (χ3v) is 6.03. The third-order valence-electron chi connectivity index (χ3n) is 6.03. The van der Waals surface area contributed by atoms with Gasteiger partial charge in [-0.05, 0) is 29.7 Å². The van der Waals surface area contributed by atoms with Crippen molar-refractivity contribution in [1.29, 1.82) is 0 Å². The Morgan fingerprint density at radius 1 is 0.941 bits per heavy atom. The summed E-state index contributed by atoms with van der Waals surface area (Å²) in [4.78, 5) is 42.5. The second kappa shape index (κ2) is 10.8. The van der Waals surface area contributed by atoms with E-state index >= 15 is 0 Å². The van der Waals surface area contributed by atoms with E-state index in [1.807, 2.05) is 60.7 Å². The lowest BCUT2D eigenvalue weighted by molar-refractivity contribution is -0.129. The van der Waals surface area contributed by atoms with E-state index in [0.29, 0.717) is 23.4 Å². The highest BCUT2D eigenvalue weighted by Crippen LogP contribution is 2.32. The molecular weight excluding hydrogens is 426 g/mol. The zero-order valence-electron chi connectivity index (χ0n) is 19.2. The number of rotatable bonds is 8. The van der Waals surface area contributed by atoms with E-state index in [9.17, 15) is 14.4 Å². The van der Waals surface area contributed by atoms with Crippen molar-refractivity contribution in [2.24, 2.45) is 0 Å². The number of nitrogens with one attached hydrogen (secondary N) is 2. The smallest absolute Gasteiger partial charge is 0.257 e. The summed E-state index contributed by atoms with van der Waals surface area (Å²) in [6.07, 6.45) is 2.06. The number of carbonyl (C=O) groups excluding carboxylic acids is 3. The molecule has 0 saturated carbocycles. The van der Waals surface area contributed by atoms with Gasteiger partial charge in [-0.3, -0.25) is 14.4 Å². The Balaban J connectivity index is 1.83. The number of fused-ring (bicyclic) bond motifs is 1. The normalized spacial score (nSPS) is 16.3. The largest absolute Gasteiger partial charge is 0.354 e. The van der Waals surface area contributed by atoms with Crippen LogP contribution in [0.3, 0.4) is 0 Å². The summed E-state index contributed by atoms with van der Waals surface area (Å²) in [7, 11) is 0. The molecular formula is C28H29N3O3. The fourth-order valence-corrected chi connectivity index (χ4v) is 4.29. The van der Waals surface area contributed by atoms with E-state index in [4.69, 9.17) is 0 Å². The van der Waals surface area contributed by atoms with Crippen LogP contribution >= 0.6 is 0 Å². The van der Waals surface area contributed by atoms with Crippen molar-refractivity contribution in [3.63, 3.8) is 0 Å². The molecule has 34 heavy (non-hydrogen) atoms. The number of nitrogens with zero attached hydrogens (tertiary/aromatic N) is 1. The van der Waals surface area contributed by atoms with Gasteiger partial charge in [0, 0.05) is 13.0 Å². The summed E-state index contributed by atoms with van der Waals surface area (Å²) in [5.74, 6) is -0.961. The SMILES string of the molecule is CCCCNC(=O)C(c1ccccc1)N1C(=O)c2ccccc2NC(=O)C1Cc1ccccc1. The average molecular weight is 456 g/mol. The molecule has 0 bridgehead atoms. The molecule has 0 saturated heterocycles. The van der Waals surface area contributed by atoms with E-state index in [1.54, 1.807) is 24.3 Å². The lowest BCUT2D eigenvalue weighted by Gasteiger charge is -2.35. The maximum Gasteiger partial charge on any atom is 0.257 e. The van der Waals surface area contributed by atoms with Gasteiger partial charge in [-0.2, -0.15) is 0 Å². The van der Waals surface area contributed by atoms with E-state index in [-0.39, 0.29) is 24.1 Å². The summed E-state index contributed by atoms with van der Waals surface area (Å²) in [5, 5.41) is 5.90. The maximum absolute atomic E-state index is 14.0. The lowest BCUT2D eigenvalue weighted by atomic mass is 9.97. The molecule has 1 aliphatic rings. The van der Waals surface area contributed by atoms with Crippen molar-refractivity contribution < 1.29 is 14.4 Å². The van der Waals surface area contributed by atoms with Crippen LogP contribution in [0.4, 0.5) is 5.69 Å². The van der Waals surface area contributed by atoms with Gasteiger partial charge < -0.3 is 15.5 Å². The van der Waals surface area contributed by atoms with E-state index in [0.717, 1.165) is 18.4 Å². The number of anilines is 1. The molecule has 174 valence electrons. The van der Waals surface area contributed by atoms with Gasteiger partial charge in [0.25, 0.3) is 5.91 Å². The molecule has 6 heteroatoms. The van der Waals surface area contributed by atoms with Crippen molar-refractivity contribution in [2.75, 3.05) is 11.9 Å². The first-order valence-electron chi connectivity index (χ1n) is 11.7. The van der Waals surface area contributed by atoms with Crippen LogP contribution in [0, 0.1) is 0 Å². The molecule has 0 spiro atoms. The molecule has 0 aromatic heterocycles. The van der Waals surface area contributed by atoms with E-state index in [2.05, 4.69) is 17.6 Å². The van der Waals surface area contributed by atoms with Crippen molar-refractivity contribution in [3.05, 3.63) is 102 Å². The van der Waals surface area contributed by atoms with Crippen LogP contribution in [0.2, 0.25) is 0 Å². The second-order valence-corrected chi connectivity index (χ2v) is 8.41. The Bertz CT molecular complexity index is 1150. The zero-order chi connectivity index (χ0) is 23.9. The molecule has 2 atom stereocenters. The van der Waals surface area contributed by atoms with Crippen LogP contribution in [-0.2, 0) is 16.0 Å². The molecule has 4 rings (SSSR count). The summed E-state index contributed by atoms with van der Waals surface area (Å²) in [6.45, 7) is 2.56. The Hall–Kier alpha value is -3.93. The number of amides is 3. The molecule has 3 aromatic carbocycles. The van der Waals surface area contributed by atoms with Gasteiger partial charge in [-0.25, -0.2) is 0 Å². The topological polar surface area (TPSA) is 78.5 Å². The molecule has 1 aliphatic heterocycles. The molecule has 3 aromatic rings. The number of benzene rings is 3. The van der Waals surface area contributed by atoms with E-state index < -0.39 is 12.1 Å². The quantitative estimate of drug-likeness (QED) is 0.496. The van der Waals surface area contributed by atoms with Crippen LogP contribution in [-0.4, -0.2) is 35.2 Å². The minimum absolute atomic E-state index is 0.290. The number of hydrogen-bond donors (Lipinski definition) is 2. The number of unbranched alkanes of at least 4 members (excludes halogenated alkanes) is 1. The highest BCUT2D eigenvalue weighted by Gasteiger charge is 2.42. The van der Waals surface area contributed by atoms with E-state index in [1.165, 1.54) is 4.90 Å². The summed E-state index contributed by atoms with van der Waals surface area (Å²) in [6, 6.07) is 23.9. The van der Waals surface area contributed by atoms with Gasteiger partial charge in [0.1, 0.15) is 12.1 Å². The Labute approximate surface area is 200 Å². The number of para-hydroxylation sites is 1. The minimum Gasteiger partial charge on any atom is -0.354 e. The molecule has 1 heterocycles. The summed E-state index contributed by atoms with van der Waals surface area (Å²) in [5.41, 5.74) is 2.39. The fraction of sp³-hybridized carbons (Fsp3) is 0.250. The molecule has 6 nitrogen and oxygen atoms in total. The van der Waals surface area contributed by atoms with Gasteiger partial charge >= 0.3 is 0 Å². The van der Waals surface area contributed by atoms with Gasteiger partial charge in [0.2, 0.25) is 11.8 Å². The standard InChI is InChI=1S/C28H29N3O3/c1-2-3-18-29-27(33)25(21-14-8-5-9-15-21)31-24(19-20-12-6-4-7-13-20)26(32)30-23-17-11-10-16-22(23)28(31)34/h4-17,24-25H,2-3,18-19H2,1H3,(H,29,33)(H,30,32). The Morgan fingerprint density at radius 2 is 1.59 bits per heavy atom. The molecule has 3 amide bonds. The molecule has 0 aliphatic carbocycles. The summed E-state index contributed by atoms with van der Waals surface area (Å²) >= 11 is 0. The second-order valence-electron chi connectivity index (χ2n) is 8.41. The summed E-state index contributed by atoms with van der Waals surface area (Å²) < 4.78 is 0. The predicted molar refractivity (Wildman–Crippen MR) is 132 cm³/mol. The minimum atomic E-state index is -0.948. The lowest BCUT2D eigenvalue weighted by Crippen LogP contribution is -2.52. The first kappa shape index (κ1) is 23.2. The highest BCUT2D eigenvalue weighted by atomic mass is 16.2. The average Bonchev–Trinajstić information content (AvgIpc) is 2.96. The van der Waals surface area contributed by atoms with Crippen molar-refractivity contribution >= 4 is 23.4 Å². The van der Waals surface area contributed by atoms with Gasteiger partial charge in [0.15, 0.2) is 0 Å². The van der Waals surface area contributed by atoms with Crippen LogP contribution in [0.25, 0.3) is 0 Å². The van der Waals surface area contributed by atoms with Crippen LogP contribution in [0.1, 0.15) is 47.3 Å². The van der Waals surface area contributed by atoms with Crippen molar-refractivity contribution in [1.82, 2.24) is 10.2 Å². The molecule has 2 unspecified atom stereocenters. The molecule has 0 fully saturated rings. The third kappa shape index (κ3) is 5.01.